The summed E-state index contributed by atoms with van der Waals surface area (Å²) >= 11 is 0. The Bertz CT molecular complexity index is 1030. The first-order valence-corrected chi connectivity index (χ1v) is 10.9. The van der Waals surface area contributed by atoms with E-state index in [9.17, 15) is 4.79 Å². The van der Waals surface area contributed by atoms with Crippen LogP contribution in [0.3, 0.4) is 0 Å². The van der Waals surface area contributed by atoms with Crippen molar-refractivity contribution in [2.75, 3.05) is 23.3 Å². The fraction of sp³-hybridized carbons (Fsp3) is 0.435. The van der Waals surface area contributed by atoms with E-state index in [0.29, 0.717) is 5.56 Å². The fourth-order valence-electron chi connectivity index (χ4n) is 4.54. The minimum Gasteiger partial charge on any atom is -0.366 e. The average molecular weight is 420 g/mol. The van der Waals surface area contributed by atoms with Crippen LogP contribution in [0, 0.1) is 13.8 Å². The number of piperidine rings is 1. The molecule has 1 aliphatic rings. The standard InChI is InChI=1S/C23H29N7O/c1-4-23(16-24-20-10-8-18(3)27-28-20)11-5-6-14-29(23)21-17(2)7-9-19(15-31)22(21)30-25-12-13-26-30/h7-10,12-13,15H,4-6,11,14,16H2,1-3H3,(H,24,28). The van der Waals surface area contributed by atoms with Crippen molar-refractivity contribution in [2.45, 2.75) is 52.0 Å². The van der Waals surface area contributed by atoms with Crippen molar-refractivity contribution in [3.05, 3.63) is 53.5 Å². The molecule has 2 aromatic heterocycles. The normalized spacial score (nSPS) is 18.7. The molecule has 1 N–H and O–H groups in total. The van der Waals surface area contributed by atoms with Gasteiger partial charge in [0.05, 0.1) is 29.3 Å². The lowest BCUT2D eigenvalue weighted by molar-refractivity contribution is 0.112. The van der Waals surface area contributed by atoms with Crippen LogP contribution in [0.15, 0.2) is 36.7 Å². The van der Waals surface area contributed by atoms with Gasteiger partial charge >= 0.3 is 0 Å². The van der Waals surface area contributed by atoms with Gasteiger partial charge in [0.15, 0.2) is 6.29 Å². The molecule has 4 rings (SSSR count). The molecule has 0 saturated carbocycles. The number of carbonyl (C=O) groups excluding carboxylic acids is 1. The lowest BCUT2D eigenvalue weighted by Gasteiger charge is -2.49. The molecule has 0 radical (unpaired) electrons. The first-order chi connectivity index (χ1) is 15.1. The van der Waals surface area contributed by atoms with Gasteiger partial charge in [-0.2, -0.15) is 15.3 Å². The predicted octanol–water partition coefficient (Wildman–Crippen LogP) is 3.74. The number of hydrogen-bond acceptors (Lipinski definition) is 7. The van der Waals surface area contributed by atoms with Crippen molar-refractivity contribution < 1.29 is 4.79 Å². The van der Waals surface area contributed by atoms with Crippen molar-refractivity contribution in [3.8, 4) is 5.69 Å². The molecular weight excluding hydrogens is 390 g/mol. The zero-order chi connectivity index (χ0) is 21.8. The third kappa shape index (κ3) is 4.02. The molecule has 0 bridgehead atoms. The van der Waals surface area contributed by atoms with Gasteiger partial charge in [0.2, 0.25) is 0 Å². The third-order valence-electron chi connectivity index (χ3n) is 6.30. The van der Waals surface area contributed by atoms with Gasteiger partial charge in [-0.3, -0.25) is 4.79 Å². The lowest BCUT2D eigenvalue weighted by atomic mass is 9.82. The van der Waals surface area contributed by atoms with Crippen LogP contribution in [-0.2, 0) is 0 Å². The first-order valence-electron chi connectivity index (χ1n) is 10.9. The Balaban J connectivity index is 1.77. The van der Waals surface area contributed by atoms with Gasteiger partial charge in [0.1, 0.15) is 11.5 Å². The van der Waals surface area contributed by atoms with Gasteiger partial charge in [-0.1, -0.05) is 13.0 Å². The summed E-state index contributed by atoms with van der Waals surface area (Å²) in [4.78, 5) is 16.0. The molecule has 1 atom stereocenters. The Kier molecular flexibility index (Phi) is 5.97. The highest BCUT2D eigenvalue weighted by Gasteiger charge is 2.39. The molecule has 1 aliphatic heterocycles. The number of nitrogens with one attached hydrogen (secondary N) is 1. The highest BCUT2D eigenvalue weighted by Crippen LogP contribution is 2.41. The largest absolute Gasteiger partial charge is 0.366 e. The molecule has 1 aromatic carbocycles. The Morgan fingerprint density at radius 3 is 2.55 bits per heavy atom. The quantitative estimate of drug-likeness (QED) is 0.584. The van der Waals surface area contributed by atoms with Crippen molar-refractivity contribution in [3.63, 3.8) is 0 Å². The molecule has 1 saturated heterocycles. The number of nitrogens with zero attached hydrogens (tertiary/aromatic N) is 6. The van der Waals surface area contributed by atoms with Gasteiger partial charge in [-0.25, -0.2) is 0 Å². The summed E-state index contributed by atoms with van der Waals surface area (Å²) in [7, 11) is 0. The number of aryl methyl sites for hydroxylation is 2. The van der Waals surface area contributed by atoms with E-state index in [-0.39, 0.29) is 5.54 Å². The van der Waals surface area contributed by atoms with Gasteiger partial charge < -0.3 is 10.2 Å². The Hall–Kier alpha value is -3.29. The Morgan fingerprint density at radius 2 is 1.87 bits per heavy atom. The minimum absolute atomic E-state index is 0.126. The monoisotopic (exact) mass is 419 g/mol. The molecule has 3 aromatic rings. The predicted molar refractivity (Wildman–Crippen MR) is 121 cm³/mol. The number of carbonyl (C=O) groups is 1. The number of aromatic nitrogens is 5. The number of anilines is 2. The number of rotatable bonds is 7. The summed E-state index contributed by atoms with van der Waals surface area (Å²) in [6.07, 6.45) is 8.43. The molecule has 162 valence electrons. The van der Waals surface area contributed by atoms with Crippen LogP contribution in [0.4, 0.5) is 11.5 Å². The smallest absolute Gasteiger partial charge is 0.152 e. The van der Waals surface area contributed by atoms with Gasteiger partial charge in [-0.05, 0) is 63.3 Å². The summed E-state index contributed by atoms with van der Waals surface area (Å²) in [6, 6.07) is 7.80. The van der Waals surface area contributed by atoms with E-state index in [4.69, 9.17) is 0 Å². The zero-order valence-electron chi connectivity index (χ0n) is 18.4. The Labute approximate surface area is 182 Å². The maximum absolute atomic E-state index is 11.9. The highest BCUT2D eigenvalue weighted by molar-refractivity contribution is 5.87. The van der Waals surface area contributed by atoms with Crippen LogP contribution in [0.2, 0.25) is 0 Å². The number of benzene rings is 1. The average Bonchev–Trinajstić information content (AvgIpc) is 3.33. The fourth-order valence-corrected chi connectivity index (χ4v) is 4.54. The number of aldehydes is 1. The molecule has 8 nitrogen and oxygen atoms in total. The van der Waals surface area contributed by atoms with Crippen LogP contribution >= 0.6 is 0 Å². The van der Waals surface area contributed by atoms with Crippen molar-refractivity contribution in [1.82, 2.24) is 25.2 Å². The SMILES string of the molecule is CCC1(CNc2ccc(C)nn2)CCCCN1c1c(C)ccc(C=O)c1-n1nccn1. The maximum atomic E-state index is 11.9. The first kappa shape index (κ1) is 21.0. The second-order valence-electron chi connectivity index (χ2n) is 8.21. The molecule has 1 unspecified atom stereocenters. The van der Waals surface area contributed by atoms with Crippen LogP contribution in [0.5, 0.6) is 0 Å². The summed E-state index contributed by atoms with van der Waals surface area (Å²) < 4.78 is 0. The third-order valence-corrected chi connectivity index (χ3v) is 6.30. The van der Waals surface area contributed by atoms with Gasteiger partial charge in [0.25, 0.3) is 0 Å². The van der Waals surface area contributed by atoms with Crippen LogP contribution in [-0.4, -0.2) is 50.1 Å². The van der Waals surface area contributed by atoms with E-state index in [2.05, 4.69) is 44.5 Å². The molecule has 1 fully saturated rings. The second kappa shape index (κ2) is 8.83. The lowest BCUT2D eigenvalue weighted by Crippen LogP contribution is -2.56. The van der Waals surface area contributed by atoms with E-state index in [0.717, 1.165) is 73.5 Å². The van der Waals surface area contributed by atoms with Crippen molar-refractivity contribution >= 4 is 17.8 Å². The molecular formula is C23H29N7O. The maximum Gasteiger partial charge on any atom is 0.152 e. The minimum atomic E-state index is -0.126. The topological polar surface area (TPSA) is 88.8 Å². The van der Waals surface area contributed by atoms with Crippen molar-refractivity contribution in [2.24, 2.45) is 0 Å². The van der Waals surface area contributed by atoms with Crippen LogP contribution < -0.4 is 10.2 Å². The van der Waals surface area contributed by atoms with E-state index < -0.39 is 0 Å². The van der Waals surface area contributed by atoms with E-state index >= 15 is 0 Å². The van der Waals surface area contributed by atoms with Crippen LogP contribution in [0.1, 0.15) is 54.2 Å². The molecule has 3 heterocycles. The van der Waals surface area contributed by atoms with E-state index in [1.807, 2.05) is 31.2 Å². The van der Waals surface area contributed by atoms with Gasteiger partial charge in [-0.15, -0.1) is 9.90 Å². The number of hydrogen-bond donors (Lipinski definition) is 1. The molecule has 0 aliphatic carbocycles. The molecule has 8 heteroatoms. The van der Waals surface area contributed by atoms with E-state index in [1.54, 1.807) is 17.2 Å². The Morgan fingerprint density at radius 1 is 1.06 bits per heavy atom. The summed E-state index contributed by atoms with van der Waals surface area (Å²) in [5, 5.41) is 20.7. The van der Waals surface area contributed by atoms with Gasteiger partial charge in [0, 0.05) is 18.7 Å². The molecule has 0 spiro atoms. The summed E-state index contributed by atoms with van der Waals surface area (Å²) in [6.45, 7) is 7.89. The molecule has 31 heavy (non-hydrogen) atoms. The van der Waals surface area contributed by atoms with E-state index in [1.165, 1.54) is 0 Å². The zero-order valence-corrected chi connectivity index (χ0v) is 18.4. The highest BCUT2D eigenvalue weighted by atomic mass is 16.1. The van der Waals surface area contributed by atoms with Crippen molar-refractivity contribution in [1.29, 1.82) is 0 Å². The summed E-state index contributed by atoms with van der Waals surface area (Å²) in [5.41, 5.74) is 4.23. The van der Waals surface area contributed by atoms with Crippen LogP contribution in [0.25, 0.3) is 5.69 Å². The molecule has 0 amide bonds. The second-order valence-corrected chi connectivity index (χ2v) is 8.21. The summed E-state index contributed by atoms with van der Waals surface area (Å²) in [5.74, 6) is 0.774.